The Morgan fingerprint density at radius 1 is 1.35 bits per heavy atom. The third-order valence-electron chi connectivity index (χ3n) is 2.96. The van der Waals surface area contributed by atoms with E-state index in [4.69, 9.17) is 11.5 Å². The standard InChI is InChI=1S/C13H15N3O/c14-6-4-10(8-15)11-2-1-3-13-12(11)5-7-16(13)9-17/h1-4,6,8-9H,5,7,14-15H2/b6-4-,10-8+. The van der Waals surface area contributed by atoms with E-state index in [0.29, 0.717) is 0 Å². The molecular formula is C13H15N3O. The molecule has 0 unspecified atom stereocenters. The van der Waals surface area contributed by atoms with Crippen LogP contribution in [0.2, 0.25) is 0 Å². The molecule has 0 fully saturated rings. The van der Waals surface area contributed by atoms with Crippen molar-refractivity contribution in [3.63, 3.8) is 0 Å². The molecule has 4 heteroatoms. The number of amides is 1. The molecule has 4 nitrogen and oxygen atoms in total. The molecule has 0 spiro atoms. The molecule has 0 aliphatic carbocycles. The van der Waals surface area contributed by atoms with Crippen LogP contribution in [0.25, 0.3) is 5.57 Å². The van der Waals surface area contributed by atoms with E-state index in [1.54, 1.807) is 11.0 Å². The summed E-state index contributed by atoms with van der Waals surface area (Å²) in [5.74, 6) is 0. The van der Waals surface area contributed by atoms with Gasteiger partial charge in [0.25, 0.3) is 0 Å². The van der Waals surface area contributed by atoms with Crippen LogP contribution in [0.5, 0.6) is 0 Å². The Balaban J connectivity index is 2.51. The number of nitrogens with zero attached hydrogens (tertiary/aromatic N) is 1. The lowest BCUT2D eigenvalue weighted by Crippen LogP contribution is -2.17. The van der Waals surface area contributed by atoms with E-state index in [1.165, 1.54) is 12.4 Å². The third kappa shape index (κ3) is 1.89. The summed E-state index contributed by atoms with van der Waals surface area (Å²) >= 11 is 0. The SMILES string of the molecule is N/C=C\C(=C/N)c1cccc2c1CCN2C=O. The molecule has 1 aromatic carbocycles. The molecule has 88 valence electrons. The lowest BCUT2D eigenvalue weighted by Gasteiger charge is -2.12. The molecule has 1 aliphatic rings. The van der Waals surface area contributed by atoms with Crippen molar-refractivity contribution < 1.29 is 4.79 Å². The van der Waals surface area contributed by atoms with Gasteiger partial charge < -0.3 is 16.4 Å². The lowest BCUT2D eigenvalue weighted by molar-refractivity contribution is -0.107. The second-order valence-corrected chi connectivity index (χ2v) is 3.83. The number of hydrogen-bond donors (Lipinski definition) is 2. The van der Waals surface area contributed by atoms with Gasteiger partial charge >= 0.3 is 0 Å². The van der Waals surface area contributed by atoms with Gasteiger partial charge in [-0.25, -0.2) is 0 Å². The van der Waals surface area contributed by atoms with Crippen LogP contribution < -0.4 is 16.4 Å². The first-order valence-electron chi connectivity index (χ1n) is 5.46. The smallest absolute Gasteiger partial charge is 0.214 e. The number of fused-ring (bicyclic) bond motifs is 1. The van der Waals surface area contributed by atoms with Crippen LogP contribution >= 0.6 is 0 Å². The van der Waals surface area contributed by atoms with E-state index in [2.05, 4.69) is 0 Å². The van der Waals surface area contributed by atoms with Crippen LogP contribution in [-0.2, 0) is 11.2 Å². The highest BCUT2D eigenvalue weighted by Gasteiger charge is 2.21. The summed E-state index contributed by atoms with van der Waals surface area (Å²) in [5.41, 5.74) is 15.0. The predicted molar refractivity (Wildman–Crippen MR) is 69.0 cm³/mol. The number of anilines is 1. The number of nitrogens with two attached hydrogens (primary N) is 2. The molecule has 0 saturated heterocycles. The van der Waals surface area contributed by atoms with Crippen LogP contribution in [-0.4, -0.2) is 13.0 Å². The van der Waals surface area contributed by atoms with E-state index in [-0.39, 0.29) is 0 Å². The van der Waals surface area contributed by atoms with Crippen molar-refractivity contribution in [1.82, 2.24) is 0 Å². The van der Waals surface area contributed by atoms with Gasteiger partial charge in [-0.2, -0.15) is 0 Å². The summed E-state index contributed by atoms with van der Waals surface area (Å²) in [6.07, 6.45) is 6.46. The highest BCUT2D eigenvalue weighted by atomic mass is 16.1. The maximum atomic E-state index is 10.9. The van der Waals surface area contributed by atoms with Crippen LogP contribution in [0, 0.1) is 0 Å². The predicted octanol–water partition coefficient (Wildman–Crippen LogP) is 0.977. The summed E-state index contributed by atoms with van der Waals surface area (Å²) in [4.78, 5) is 12.6. The number of benzene rings is 1. The van der Waals surface area contributed by atoms with E-state index in [0.717, 1.165) is 41.8 Å². The van der Waals surface area contributed by atoms with Crippen LogP contribution in [0.4, 0.5) is 5.69 Å². The van der Waals surface area contributed by atoms with E-state index in [9.17, 15) is 4.79 Å². The molecule has 1 heterocycles. The Kier molecular flexibility index (Phi) is 3.14. The Hall–Kier alpha value is -2.23. The molecular weight excluding hydrogens is 214 g/mol. The quantitative estimate of drug-likeness (QED) is 0.599. The van der Waals surface area contributed by atoms with Gasteiger partial charge in [-0.3, -0.25) is 4.79 Å². The maximum absolute atomic E-state index is 10.9. The molecule has 17 heavy (non-hydrogen) atoms. The van der Waals surface area contributed by atoms with Gasteiger partial charge in [0.2, 0.25) is 6.41 Å². The van der Waals surface area contributed by atoms with Gasteiger partial charge in [0, 0.05) is 18.4 Å². The monoisotopic (exact) mass is 229 g/mol. The number of hydrogen-bond acceptors (Lipinski definition) is 3. The lowest BCUT2D eigenvalue weighted by atomic mass is 9.98. The highest BCUT2D eigenvalue weighted by molar-refractivity contribution is 5.86. The zero-order chi connectivity index (χ0) is 12.3. The number of allylic oxidation sites excluding steroid dienone is 2. The fourth-order valence-electron chi connectivity index (χ4n) is 2.18. The Labute approximate surface area is 100 Å². The average molecular weight is 229 g/mol. The van der Waals surface area contributed by atoms with Crippen molar-refractivity contribution >= 4 is 17.7 Å². The number of carbonyl (C=O) groups is 1. The Bertz CT molecular complexity index is 491. The van der Waals surface area contributed by atoms with Crippen molar-refractivity contribution in [3.05, 3.63) is 47.8 Å². The molecule has 1 aromatic rings. The highest BCUT2D eigenvalue weighted by Crippen LogP contribution is 2.33. The number of rotatable bonds is 3. The summed E-state index contributed by atoms with van der Waals surface area (Å²) in [7, 11) is 0. The Morgan fingerprint density at radius 2 is 2.18 bits per heavy atom. The van der Waals surface area contributed by atoms with Crippen molar-refractivity contribution in [2.45, 2.75) is 6.42 Å². The minimum absolute atomic E-state index is 0.722. The van der Waals surface area contributed by atoms with Gasteiger partial charge in [-0.15, -0.1) is 0 Å². The fourth-order valence-corrected chi connectivity index (χ4v) is 2.18. The minimum atomic E-state index is 0.722. The van der Waals surface area contributed by atoms with Crippen LogP contribution in [0.1, 0.15) is 11.1 Å². The minimum Gasteiger partial charge on any atom is -0.405 e. The van der Waals surface area contributed by atoms with Gasteiger partial charge in [-0.05, 0) is 41.5 Å². The van der Waals surface area contributed by atoms with Crippen molar-refractivity contribution in [3.8, 4) is 0 Å². The summed E-state index contributed by atoms with van der Waals surface area (Å²) in [5, 5.41) is 0. The zero-order valence-corrected chi connectivity index (χ0v) is 9.47. The summed E-state index contributed by atoms with van der Waals surface area (Å²) < 4.78 is 0. The largest absolute Gasteiger partial charge is 0.405 e. The normalized spacial score (nSPS) is 15.3. The van der Waals surface area contributed by atoms with Crippen molar-refractivity contribution in [1.29, 1.82) is 0 Å². The summed E-state index contributed by atoms with van der Waals surface area (Å²) in [6, 6.07) is 5.86. The first-order valence-corrected chi connectivity index (χ1v) is 5.46. The third-order valence-corrected chi connectivity index (χ3v) is 2.96. The van der Waals surface area contributed by atoms with Crippen molar-refractivity contribution in [2.24, 2.45) is 11.5 Å². The molecule has 1 aliphatic heterocycles. The molecule has 0 atom stereocenters. The van der Waals surface area contributed by atoms with Gasteiger partial charge in [-0.1, -0.05) is 12.1 Å². The van der Waals surface area contributed by atoms with E-state index >= 15 is 0 Å². The first-order chi connectivity index (χ1) is 8.31. The molecule has 4 N–H and O–H groups in total. The molecule has 0 aromatic heterocycles. The molecule has 0 bridgehead atoms. The zero-order valence-electron chi connectivity index (χ0n) is 9.47. The second-order valence-electron chi connectivity index (χ2n) is 3.83. The van der Waals surface area contributed by atoms with E-state index < -0.39 is 0 Å². The van der Waals surface area contributed by atoms with Crippen molar-refractivity contribution in [2.75, 3.05) is 11.4 Å². The molecule has 2 rings (SSSR count). The molecule has 1 amide bonds. The van der Waals surface area contributed by atoms with Crippen LogP contribution in [0.3, 0.4) is 0 Å². The van der Waals surface area contributed by atoms with E-state index in [1.807, 2.05) is 18.2 Å². The first kappa shape index (κ1) is 11.3. The van der Waals surface area contributed by atoms with Gasteiger partial charge in [0.15, 0.2) is 0 Å². The van der Waals surface area contributed by atoms with Gasteiger partial charge in [0.05, 0.1) is 0 Å². The van der Waals surface area contributed by atoms with Gasteiger partial charge in [0.1, 0.15) is 0 Å². The topological polar surface area (TPSA) is 72.3 Å². The Morgan fingerprint density at radius 3 is 2.82 bits per heavy atom. The fraction of sp³-hybridized carbons (Fsp3) is 0.154. The maximum Gasteiger partial charge on any atom is 0.214 e. The second kappa shape index (κ2) is 4.74. The molecule has 0 saturated carbocycles. The summed E-state index contributed by atoms with van der Waals surface area (Å²) in [6.45, 7) is 0.722. The van der Waals surface area contributed by atoms with Crippen LogP contribution in [0.15, 0.2) is 36.7 Å². The average Bonchev–Trinajstić information content (AvgIpc) is 2.79. The number of carbonyl (C=O) groups excluding carboxylic acids is 1. The molecule has 0 radical (unpaired) electrons.